The topological polar surface area (TPSA) is 95.1 Å². The first kappa shape index (κ1) is 13.8. The van der Waals surface area contributed by atoms with E-state index in [0.717, 1.165) is 0 Å². The summed E-state index contributed by atoms with van der Waals surface area (Å²) in [5.41, 5.74) is 3.81. The zero-order valence-electron chi connectivity index (χ0n) is 10.8. The number of nitrogens with one attached hydrogen (secondary N) is 1. The van der Waals surface area contributed by atoms with Gasteiger partial charge in [-0.15, -0.1) is 0 Å². The van der Waals surface area contributed by atoms with Gasteiger partial charge in [-0.2, -0.15) is 5.10 Å². The Bertz CT molecular complexity index is 633. The summed E-state index contributed by atoms with van der Waals surface area (Å²) in [5, 5.41) is 22.9. The zero-order valence-corrected chi connectivity index (χ0v) is 10.8. The van der Waals surface area contributed by atoms with Crippen LogP contribution in [0.5, 0.6) is 5.75 Å². The number of carbonyl (C=O) groups is 1. The molecule has 2 rings (SSSR count). The van der Waals surface area contributed by atoms with Crippen LogP contribution in [-0.2, 0) is 6.61 Å². The van der Waals surface area contributed by atoms with E-state index in [-0.39, 0.29) is 18.1 Å². The zero-order chi connectivity index (χ0) is 14.5. The van der Waals surface area contributed by atoms with Crippen molar-refractivity contribution in [2.24, 2.45) is 5.10 Å². The number of aromatic hydroxyl groups is 1. The fraction of sp³-hybridized carbons (Fsp3) is 0.143. The summed E-state index contributed by atoms with van der Waals surface area (Å²) in [5.74, 6) is -0.338. The van der Waals surface area contributed by atoms with Crippen molar-refractivity contribution < 1.29 is 19.4 Å². The Morgan fingerprint density at radius 2 is 2.25 bits per heavy atom. The Hall–Kier alpha value is -2.60. The molecule has 3 N–H and O–H groups in total. The normalized spacial score (nSPS) is 10.9. The van der Waals surface area contributed by atoms with Gasteiger partial charge in [0, 0.05) is 5.56 Å². The molecule has 1 aromatic heterocycles. The van der Waals surface area contributed by atoms with Crippen LogP contribution < -0.4 is 5.43 Å². The SMILES string of the molecule is Cc1ccc(CO)c(/C=N\NC(=O)c2ccco2)c1O. The molecule has 0 radical (unpaired) electrons. The highest BCUT2D eigenvalue weighted by Gasteiger charge is 2.09. The van der Waals surface area contributed by atoms with Crippen molar-refractivity contribution in [2.45, 2.75) is 13.5 Å². The van der Waals surface area contributed by atoms with Crippen LogP contribution in [-0.4, -0.2) is 22.3 Å². The summed E-state index contributed by atoms with van der Waals surface area (Å²) in [4.78, 5) is 11.6. The number of amides is 1. The van der Waals surface area contributed by atoms with Crippen LogP contribution in [0.1, 0.15) is 27.2 Å². The molecule has 0 saturated carbocycles. The van der Waals surface area contributed by atoms with Crippen LogP contribution in [0.25, 0.3) is 0 Å². The van der Waals surface area contributed by atoms with Crippen LogP contribution in [0.4, 0.5) is 0 Å². The van der Waals surface area contributed by atoms with E-state index in [9.17, 15) is 15.0 Å². The fourth-order valence-corrected chi connectivity index (χ4v) is 1.66. The van der Waals surface area contributed by atoms with Crippen molar-refractivity contribution in [1.82, 2.24) is 5.43 Å². The number of aliphatic hydroxyl groups excluding tert-OH is 1. The van der Waals surface area contributed by atoms with Crippen molar-refractivity contribution in [1.29, 1.82) is 0 Å². The molecule has 0 aliphatic heterocycles. The van der Waals surface area contributed by atoms with E-state index in [0.29, 0.717) is 16.7 Å². The van der Waals surface area contributed by atoms with Crippen molar-refractivity contribution in [3.8, 4) is 5.75 Å². The maximum Gasteiger partial charge on any atom is 0.307 e. The van der Waals surface area contributed by atoms with Crippen molar-refractivity contribution >= 4 is 12.1 Å². The Balaban J connectivity index is 2.15. The molecule has 104 valence electrons. The Morgan fingerprint density at radius 1 is 1.45 bits per heavy atom. The minimum absolute atomic E-state index is 0.0209. The van der Waals surface area contributed by atoms with Crippen molar-refractivity contribution in [3.05, 3.63) is 53.0 Å². The molecule has 0 saturated heterocycles. The van der Waals surface area contributed by atoms with Gasteiger partial charge in [0.05, 0.1) is 19.1 Å². The number of nitrogens with zero attached hydrogens (tertiary/aromatic N) is 1. The van der Waals surface area contributed by atoms with E-state index in [4.69, 9.17) is 4.42 Å². The summed E-state index contributed by atoms with van der Waals surface area (Å²) in [6, 6.07) is 6.48. The van der Waals surface area contributed by atoms with E-state index in [2.05, 4.69) is 10.5 Å². The van der Waals surface area contributed by atoms with E-state index in [1.807, 2.05) is 0 Å². The second kappa shape index (κ2) is 6.03. The summed E-state index contributed by atoms with van der Waals surface area (Å²) < 4.78 is 4.91. The number of phenolic OH excluding ortho intramolecular Hbond substituents is 1. The summed E-state index contributed by atoms with van der Waals surface area (Å²) >= 11 is 0. The lowest BCUT2D eigenvalue weighted by Gasteiger charge is -2.07. The smallest absolute Gasteiger partial charge is 0.307 e. The first-order chi connectivity index (χ1) is 9.63. The van der Waals surface area contributed by atoms with Crippen LogP contribution in [0.2, 0.25) is 0 Å². The molecule has 1 heterocycles. The predicted octanol–water partition coefficient (Wildman–Crippen LogP) is 1.55. The molecule has 0 fully saturated rings. The third-order valence-corrected chi connectivity index (χ3v) is 2.78. The van der Waals surface area contributed by atoms with Crippen LogP contribution in [0.15, 0.2) is 40.0 Å². The standard InChI is InChI=1S/C14H14N2O4/c1-9-4-5-10(8-17)11(13(9)18)7-15-16-14(19)12-3-2-6-20-12/h2-7,17-18H,8H2,1H3,(H,16,19)/b15-7-. The third-order valence-electron chi connectivity index (χ3n) is 2.78. The number of rotatable bonds is 4. The maximum absolute atomic E-state index is 11.6. The number of hydrogen-bond acceptors (Lipinski definition) is 5. The molecule has 0 spiro atoms. The van der Waals surface area contributed by atoms with Gasteiger partial charge in [-0.3, -0.25) is 4.79 Å². The van der Waals surface area contributed by atoms with Gasteiger partial charge in [0.15, 0.2) is 5.76 Å². The predicted molar refractivity (Wildman–Crippen MR) is 72.5 cm³/mol. The van der Waals surface area contributed by atoms with Gasteiger partial charge in [-0.05, 0) is 30.2 Å². The molecule has 20 heavy (non-hydrogen) atoms. The van der Waals surface area contributed by atoms with E-state index in [1.54, 1.807) is 25.1 Å². The number of benzene rings is 1. The third kappa shape index (κ3) is 2.86. The Labute approximate surface area is 115 Å². The lowest BCUT2D eigenvalue weighted by atomic mass is 10.0. The van der Waals surface area contributed by atoms with Gasteiger partial charge in [0.2, 0.25) is 0 Å². The highest BCUT2D eigenvalue weighted by Crippen LogP contribution is 2.23. The fourth-order valence-electron chi connectivity index (χ4n) is 1.66. The number of aliphatic hydroxyl groups is 1. The molecule has 2 aromatic rings. The quantitative estimate of drug-likeness (QED) is 0.582. The molecule has 0 unspecified atom stereocenters. The first-order valence-electron chi connectivity index (χ1n) is 5.92. The lowest BCUT2D eigenvalue weighted by molar-refractivity contribution is 0.0927. The highest BCUT2D eigenvalue weighted by atomic mass is 16.3. The summed E-state index contributed by atoms with van der Waals surface area (Å²) in [6.07, 6.45) is 2.67. The summed E-state index contributed by atoms with van der Waals surface area (Å²) in [7, 11) is 0. The number of carbonyl (C=O) groups excluding carboxylic acids is 1. The van der Waals surface area contributed by atoms with Gasteiger partial charge < -0.3 is 14.6 Å². The highest BCUT2D eigenvalue weighted by molar-refractivity contribution is 5.93. The molecule has 0 aliphatic rings. The first-order valence-corrected chi connectivity index (χ1v) is 5.92. The molecule has 6 nitrogen and oxygen atoms in total. The minimum atomic E-state index is -0.496. The van der Waals surface area contributed by atoms with E-state index < -0.39 is 5.91 Å². The molecule has 0 atom stereocenters. The molecular weight excluding hydrogens is 260 g/mol. The second-order valence-corrected chi connectivity index (χ2v) is 4.14. The molecule has 0 aliphatic carbocycles. The molecule has 1 aromatic carbocycles. The van der Waals surface area contributed by atoms with Gasteiger partial charge in [-0.1, -0.05) is 12.1 Å². The average Bonchev–Trinajstić information content (AvgIpc) is 2.97. The molecule has 6 heteroatoms. The number of aryl methyl sites for hydroxylation is 1. The molecule has 1 amide bonds. The van der Waals surface area contributed by atoms with Crippen LogP contribution >= 0.6 is 0 Å². The molecular formula is C14H14N2O4. The number of furan rings is 1. The van der Waals surface area contributed by atoms with Crippen LogP contribution in [0, 0.1) is 6.92 Å². The van der Waals surface area contributed by atoms with E-state index >= 15 is 0 Å². The van der Waals surface area contributed by atoms with E-state index in [1.165, 1.54) is 18.5 Å². The molecule has 0 bridgehead atoms. The number of hydrogen-bond donors (Lipinski definition) is 3. The largest absolute Gasteiger partial charge is 0.507 e. The van der Waals surface area contributed by atoms with Crippen molar-refractivity contribution in [2.75, 3.05) is 0 Å². The van der Waals surface area contributed by atoms with Crippen molar-refractivity contribution in [3.63, 3.8) is 0 Å². The average molecular weight is 274 g/mol. The van der Waals surface area contributed by atoms with Gasteiger partial charge >= 0.3 is 5.91 Å². The Morgan fingerprint density at radius 3 is 2.90 bits per heavy atom. The lowest BCUT2D eigenvalue weighted by Crippen LogP contribution is -2.16. The monoisotopic (exact) mass is 274 g/mol. The number of hydrazone groups is 1. The van der Waals surface area contributed by atoms with Gasteiger partial charge in [-0.25, -0.2) is 5.43 Å². The summed E-state index contributed by atoms with van der Waals surface area (Å²) in [6.45, 7) is 1.50. The second-order valence-electron chi connectivity index (χ2n) is 4.14. The minimum Gasteiger partial charge on any atom is -0.507 e. The Kier molecular flexibility index (Phi) is 4.17. The maximum atomic E-state index is 11.6. The van der Waals surface area contributed by atoms with Gasteiger partial charge in [0.25, 0.3) is 0 Å². The number of phenols is 1. The van der Waals surface area contributed by atoms with Gasteiger partial charge in [0.1, 0.15) is 5.75 Å². The van der Waals surface area contributed by atoms with Crippen LogP contribution in [0.3, 0.4) is 0 Å².